The molecule has 0 saturated heterocycles. The van der Waals surface area contributed by atoms with Gasteiger partial charge in [0, 0.05) is 29.2 Å². The van der Waals surface area contributed by atoms with Crippen LogP contribution < -0.4 is 5.73 Å². The van der Waals surface area contributed by atoms with Crippen LogP contribution in [-0.2, 0) is 15.3 Å². The number of anilines is 1. The molecule has 31 heavy (non-hydrogen) atoms. The van der Waals surface area contributed by atoms with Gasteiger partial charge >= 0.3 is 0 Å². The number of aryl methyl sites for hydroxylation is 1. The molecule has 1 aromatic carbocycles. The highest BCUT2D eigenvalue weighted by atomic mass is 35.5. The van der Waals surface area contributed by atoms with Crippen LogP contribution in [0.5, 0.6) is 0 Å². The zero-order valence-electron chi connectivity index (χ0n) is 18.7. The van der Waals surface area contributed by atoms with Gasteiger partial charge in [0.15, 0.2) is 0 Å². The third-order valence-electron chi connectivity index (χ3n) is 4.20. The zero-order chi connectivity index (χ0) is 23.4. The number of nitrogen functional groups attached to an aromatic ring is 1. The lowest BCUT2D eigenvalue weighted by molar-refractivity contribution is 0.586. The lowest BCUT2D eigenvalue weighted by Crippen LogP contribution is -2.10. The van der Waals surface area contributed by atoms with Gasteiger partial charge in [0.05, 0.1) is 26.3 Å². The second-order valence-electron chi connectivity index (χ2n) is 8.31. The molecule has 0 aliphatic heterocycles. The molecule has 2 N–H and O–H groups in total. The van der Waals surface area contributed by atoms with E-state index in [1.165, 1.54) is 6.26 Å². The van der Waals surface area contributed by atoms with Gasteiger partial charge in [0.25, 0.3) is 0 Å². The third-order valence-corrected chi connectivity index (χ3v) is 7.35. The van der Waals surface area contributed by atoms with Gasteiger partial charge in [0.2, 0.25) is 5.95 Å². The number of nitrogens with zero attached hydrogens (tertiary/aromatic N) is 3. The van der Waals surface area contributed by atoms with Gasteiger partial charge in [-0.3, -0.25) is 0 Å². The first kappa shape index (κ1) is 25.2. The second kappa shape index (κ2) is 10.1. The van der Waals surface area contributed by atoms with Crippen LogP contribution in [0, 0.1) is 6.92 Å². The summed E-state index contributed by atoms with van der Waals surface area (Å²) in [6, 6.07) is 7.82. The Balaban J connectivity index is 0.000000423. The van der Waals surface area contributed by atoms with Gasteiger partial charge in [-0.1, -0.05) is 57.5 Å². The van der Waals surface area contributed by atoms with E-state index in [1.807, 2.05) is 38.1 Å². The Labute approximate surface area is 193 Å². The SMILES string of the molecule is CCCS(C)(=O)=O.Cc1cccc(-c2nc(C(C)(C)C)sc2-c2ccnc(N)n2)c1Cl. The molecular formula is C22H29ClN4O2S2. The Morgan fingerprint density at radius 1 is 1.16 bits per heavy atom. The predicted octanol–water partition coefficient (Wildman–Crippen LogP) is 5.55. The number of sulfone groups is 1. The molecule has 0 aliphatic rings. The van der Waals surface area contributed by atoms with E-state index in [2.05, 4.69) is 30.7 Å². The maximum atomic E-state index is 10.2. The summed E-state index contributed by atoms with van der Waals surface area (Å²) in [5.41, 5.74) is 9.25. The molecule has 0 radical (unpaired) electrons. The summed E-state index contributed by atoms with van der Waals surface area (Å²) in [5.74, 6) is 0.562. The van der Waals surface area contributed by atoms with Crippen LogP contribution >= 0.6 is 22.9 Å². The Kier molecular flexibility index (Phi) is 8.19. The zero-order valence-corrected chi connectivity index (χ0v) is 21.1. The molecule has 0 bridgehead atoms. The number of aromatic nitrogens is 3. The summed E-state index contributed by atoms with van der Waals surface area (Å²) in [5, 5.41) is 1.74. The first-order valence-corrected chi connectivity index (χ1v) is 13.1. The summed E-state index contributed by atoms with van der Waals surface area (Å²) < 4.78 is 20.5. The molecule has 2 heterocycles. The van der Waals surface area contributed by atoms with Crippen molar-refractivity contribution in [2.45, 2.75) is 46.5 Å². The molecule has 0 amide bonds. The van der Waals surface area contributed by atoms with Crippen molar-refractivity contribution < 1.29 is 8.42 Å². The van der Waals surface area contributed by atoms with E-state index in [4.69, 9.17) is 22.3 Å². The van der Waals surface area contributed by atoms with Crippen molar-refractivity contribution in [2.75, 3.05) is 17.7 Å². The molecular weight excluding hydrogens is 452 g/mol. The summed E-state index contributed by atoms with van der Waals surface area (Å²) in [6.07, 6.45) is 3.63. The van der Waals surface area contributed by atoms with E-state index < -0.39 is 9.84 Å². The predicted molar refractivity (Wildman–Crippen MR) is 131 cm³/mol. The molecule has 0 aliphatic carbocycles. The quantitative estimate of drug-likeness (QED) is 0.525. The molecule has 0 saturated carbocycles. The Hall–Kier alpha value is -2.03. The molecule has 0 fully saturated rings. The summed E-state index contributed by atoms with van der Waals surface area (Å²) in [7, 11) is -2.67. The number of benzene rings is 1. The minimum Gasteiger partial charge on any atom is -0.368 e. The fourth-order valence-corrected chi connectivity index (χ4v) is 4.76. The first-order chi connectivity index (χ1) is 14.3. The van der Waals surface area contributed by atoms with Crippen LogP contribution in [0.15, 0.2) is 30.5 Å². The first-order valence-electron chi connectivity index (χ1n) is 9.87. The van der Waals surface area contributed by atoms with E-state index in [1.54, 1.807) is 17.5 Å². The number of hydrogen-bond acceptors (Lipinski definition) is 7. The second-order valence-corrected chi connectivity index (χ2v) is 11.9. The lowest BCUT2D eigenvalue weighted by atomic mass is 9.98. The van der Waals surface area contributed by atoms with Gasteiger partial charge in [-0.05, 0) is 25.0 Å². The number of halogens is 1. The van der Waals surface area contributed by atoms with Gasteiger partial charge in [0.1, 0.15) is 9.84 Å². The largest absolute Gasteiger partial charge is 0.368 e. The topological polar surface area (TPSA) is 98.8 Å². The van der Waals surface area contributed by atoms with Crippen LogP contribution in [-0.4, -0.2) is 35.4 Å². The maximum Gasteiger partial charge on any atom is 0.220 e. The summed E-state index contributed by atoms with van der Waals surface area (Å²) in [6.45, 7) is 10.3. The van der Waals surface area contributed by atoms with Gasteiger partial charge in [-0.2, -0.15) is 0 Å². The van der Waals surface area contributed by atoms with Crippen molar-refractivity contribution in [3.63, 3.8) is 0 Å². The average molecular weight is 481 g/mol. The smallest absolute Gasteiger partial charge is 0.220 e. The summed E-state index contributed by atoms with van der Waals surface area (Å²) in [4.78, 5) is 14.2. The maximum absolute atomic E-state index is 10.2. The highest BCUT2D eigenvalue weighted by Gasteiger charge is 2.25. The molecule has 9 heteroatoms. The van der Waals surface area contributed by atoms with E-state index in [-0.39, 0.29) is 11.4 Å². The molecule has 6 nitrogen and oxygen atoms in total. The van der Waals surface area contributed by atoms with Crippen LogP contribution in [0.1, 0.15) is 44.7 Å². The Morgan fingerprint density at radius 2 is 1.84 bits per heavy atom. The van der Waals surface area contributed by atoms with E-state index in [0.717, 1.165) is 38.8 Å². The Bertz CT molecular complexity index is 1150. The van der Waals surface area contributed by atoms with E-state index >= 15 is 0 Å². The van der Waals surface area contributed by atoms with Crippen molar-refractivity contribution in [1.82, 2.24) is 15.0 Å². The Morgan fingerprint density at radius 3 is 2.35 bits per heavy atom. The van der Waals surface area contributed by atoms with Crippen molar-refractivity contribution in [3.05, 3.63) is 46.1 Å². The lowest BCUT2D eigenvalue weighted by Gasteiger charge is -2.13. The molecule has 3 aromatic rings. The number of thiazole rings is 1. The standard InChI is InChI=1S/C18H19ClN4S.C4H10O2S/c1-10-6-5-7-11(13(10)19)14-15(12-8-9-21-17(20)22-12)24-16(23-14)18(2,3)4;1-3-4-7(2,5)6/h5-9H,1-4H3,(H2,20,21,22);3-4H2,1-2H3. The van der Waals surface area contributed by atoms with E-state index in [0.29, 0.717) is 10.8 Å². The minimum absolute atomic E-state index is 0.0630. The third kappa shape index (κ3) is 6.98. The minimum atomic E-state index is -2.67. The van der Waals surface area contributed by atoms with Crippen molar-refractivity contribution in [3.8, 4) is 21.8 Å². The van der Waals surface area contributed by atoms with Crippen molar-refractivity contribution in [1.29, 1.82) is 0 Å². The van der Waals surface area contributed by atoms with Crippen LogP contribution in [0.4, 0.5) is 5.95 Å². The fraction of sp³-hybridized carbons (Fsp3) is 0.409. The molecule has 3 rings (SSSR count). The molecule has 0 atom stereocenters. The van der Waals surface area contributed by atoms with Gasteiger partial charge < -0.3 is 5.73 Å². The number of rotatable bonds is 4. The van der Waals surface area contributed by atoms with Gasteiger partial charge in [-0.25, -0.2) is 23.4 Å². The highest BCUT2D eigenvalue weighted by Crippen LogP contribution is 2.42. The van der Waals surface area contributed by atoms with Crippen LogP contribution in [0.3, 0.4) is 0 Å². The van der Waals surface area contributed by atoms with Crippen molar-refractivity contribution >= 4 is 38.7 Å². The monoisotopic (exact) mass is 480 g/mol. The highest BCUT2D eigenvalue weighted by molar-refractivity contribution is 7.90. The number of hydrogen-bond donors (Lipinski definition) is 1. The van der Waals surface area contributed by atoms with E-state index in [9.17, 15) is 8.42 Å². The van der Waals surface area contributed by atoms with Crippen LogP contribution in [0.2, 0.25) is 5.02 Å². The van der Waals surface area contributed by atoms with Crippen LogP contribution in [0.25, 0.3) is 21.8 Å². The molecule has 0 spiro atoms. The fourth-order valence-electron chi connectivity index (χ4n) is 2.70. The number of nitrogens with two attached hydrogens (primary N) is 1. The molecule has 2 aromatic heterocycles. The van der Waals surface area contributed by atoms with Gasteiger partial charge in [-0.15, -0.1) is 11.3 Å². The normalized spacial score (nSPS) is 11.7. The molecule has 0 unspecified atom stereocenters. The average Bonchev–Trinajstić information content (AvgIpc) is 3.09. The van der Waals surface area contributed by atoms with Crippen molar-refractivity contribution in [2.24, 2.45) is 0 Å². The summed E-state index contributed by atoms with van der Waals surface area (Å²) >= 11 is 8.17. The molecule has 168 valence electrons.